The zero-order valence-corrected chi connectivity index (χ0v) is 20.8. The fourth-order valence-corrected chi connectivity index (χ4v) is 5.37. The maximum absolute atomic E-state index is 13.5. The van der Waals surface area contributed by atoms with E-state index in [1.165, 1.54) is 16.7 Å². The summed E-state index contributed by atoms with van der Waals surface area (Å²) < 4.78 is 0. The van der Waals surface area contributed by atoms with Gasteiger partial charge >= 0.3 is 0 Å². The molecule has 3 aromatic carbocycles. The first-order valence-electron chi connectivity index (χ1n) is 11.2. The Hall–Kier alpha value is -3.53. The van der Waals surface area contributed by atoms with Crippen LogP contribution >= 0.6 is 23.4 Å². The van der Waals surface area contributed by atoms with Gasteiger partial charge in [0.2, 0.25) is 5.91 Å². The lowest BCUT2D eigenvalue weighted by molar-refractivity contribution is -0.117. The summed E-state index contributed by atoms with van der Waals surface area (Å²) in [6.45, 7) is 2.35. The van der Waals surface area contributed by atoms with Crippen LogP contribution < -0.4 is 10.2 Å². The summed E-state index contributed by atoms with van der Waals surface area (Å²) in [5.74, 6) is -0.655. The minimum Gasteiger partial charge on any atom is -0.351 e. The van der Waals surface area contributed by atoms with Crippen molar-refractivity contribution in [2.24, 2.45) is 0 Å². The van der Waals surface area contributed by atoms with E-state index >= 15 is 0 Å². The molecule has 1 aliphatic rings. The van der Waals surface area contributed by atoms with Crippen LogP contribution in [0.25, 0.3) is 0 Å². The molecule has 1 atom stereocenters. The molecule has 1 aliphatic heterocycles. The molecule has 7 heteroatoms. The van der Waals surface area contributed by atoms with Crippen molar-refractivity contribution in [2.45, 2.75) is 25.0 Å². The second-order valence-electron chi connectivity index (χ2n) is 8.23. The number of nitriles is 1. The zero-order valence-electron chi connectivity index (χ0n) is 19.2. The van der Waals surface area contributed by atoms with E-state index in [1.54, 1.807) is 6.07 Å². The van der Waals surface area contributed by atoms with Crippen LogP contribution in [-0.2, 0) is 22.4 Å². The second kappa shape index (κ2) is 11.3. The largest absolute Gasteiger partial charge is 0.351 e. The molecule has 5 nitrogen and oxygen atoms in total. The first kappa shape index (κ1) is 24.6. The van der Waals surface area contributed by atoms with Crippen LogP contribution in [0.4, 0.5) is 5.69 Å². The van der Waals surface area contributed by atoms with Crippen LogP contribution in [0.1, 0.15) is 16.7 Å². The maximum Gasteiger partial charge on any atom is 0.264 e. The molecule has 1 fully saturated rings. The van der Waals surface area contributed by atoms with E-state index in [1.807, 2.05) is 85.8 Å². The van der Waals surface area contributed by atoms with Crippen molar-refractivity contribution in [3.8, 4) is 6.07 Å². The van der Waals surface area contributed by atoms with Gasteiger partial charge in [-0.15, -0.1) is 0 Å². The fourth-order valence-electron chi connectivity index (χ4n) is 3.85. The van der Waals surface area contributed by atoms with E-state index in [2.05, 4.69) is 5.32 Å². The lowest BCUT2D eigenvalue weighted by Gasteiger charge is -2.19. The highest BCUT2D eigenvalue weighted by Gasteiger charge is 2.40. The molecule has 1 saturated heterocycles. The molecule has 176 valence electrons. The van der Waals surface area contributed by atoms with E-state index in [0.717, 1.165) is 16.7 Å². The Bertz CT molecular complexity index is 1300. The Morgan fingerprint density at radius 2 is 1.77 bits per heavy atom. The highest BCUT2D eigenvalue weighted by molar-refractivity contribution is 8.05. The van der Waals surface area contributed by atoms with Crippen LogP contribution in [0.3, 0.4) is 0 Å². The maximum atomic E-state index is 13.5. The summed E-state index contributed by atoms with van der Waals surface area (Å²) in [4.78, 5) is 28.1. The predicted octanol–water partition coefficient (Wildman–Crippen LogP) is 5.43. The SMILES string of the molecule is Cc1ccc(N2C(=O)C(Cc3cccc(Cl)c3)SC2=C(C#N)C(=O)NCCc2ccccc2)cc1. The predicted molar refractivity (Wildman–Crippen MR) is 141 cm³/mol. The van der Waals surface area contributed by atoms with E-state index in [4.69, 9.17) is 11.6 Å². The summed E-state index contributed by atoms with van der Waals surface area (Å²) in [6.07, 6.45) is 1.08. The number of carbonyl (C=O) groups is 2. The van der Waals surface area contributed by atoms with Gasteiger partial charge in [-0.3, -0.25) is 14.5 Å². The first-order valence-corrected chi connectivity index (χ1v) is 12.5. The minimum atomic E-state index is -0.487. The normalized spacial score (nSPS) is 16.7. The number of thioether (sulfide) groups is 1. The molecule has 1 unspecified atom stereocenters. The van der Waals surface area contributed by atoms with Crippen molar-refractivity contribution < 1.29 is 9.59 Å². The van der Waals surface area contributed by atoms with E-state index in [-0.39, 0.29) is 11.5 Å². The summed E-state index contributed by atoms with van der Waals surface area (Å²) in [7, 11) is 0. The molecule has 1 N–H and O–H groups in total. The molecule has 0 aliphatic carbocycles. The smallest absolute Gasteiger partial charge is 0.264 e. The van der Waals surface area contributed by atoms with Crippen molar-refractivity contribution in [1.82, 2.24) is 5.32 Å². The highest BCUT2D eigenvalue weighted by atomic mass is 35.5. The van der Waals surface area contributed by atoms with E-state index in [0.29, 0.717) is 35.1 Å². The van der Waals surface area contributed by atoms with Gasteiger partial charge in [0.05, 0.1) is 5.25 Å². The molecular formula is C28H24ClN3O2S. The number of rotatable bonds is 7. The second-order valence-corrected chi connectivity index (χ2v) is 9.86. The molecule has 0 radical (unpaired) electrons. The number of carbonyl (C=O) groups excluding carboxylic acids is 2. The molecular weight excluding hydrogens is 478 g/mol. The average Bonchev–Trinajstić information content (AvgIpc) is 3.16. The van der Waals surface area contributed by atoms with Crippen LogP contribution in [0.15, 0.2) is 89.5 Å². The van der Waals surface area contributed by atoms with Crippen molar-refractivity contribution in [3.63, 3.8) is 0 Å². The third kappa shape index (κ3) is 5.94. The van der Waals surface area contributed by atoms with Crippen LogP contribution in [0.2, 0.25) is 5.02 Å². The Labute approximate surface area is 214 Å². The molecule has 0 bridgehead atoms. The molecule has 35 heavy (non-hydrogen) atoms. The fraction of sp³-hybridized carbons (Fsp3) is 0.179. The summed E-state index contributed by atoms with van der Waals surface area (Å²) in [6, 6.07) is 26.7. The van der Waals surface area contributed by atoms with Crippen molar-refractivity contribution in [3.05, 3.63) is 111 Å². The van der Waals surface area contributed by atoms with E-state index < -0.39 is 11.2 Å². The Balaban J connectivity index is 1.62. The number of hydrogen-bond acceptors (Lipinski definition) is 4. The minimum absolute atomic E-state index is 0.0643. The van der Waals surface area contributed by atoms with Crippen LogP contribution in [-0.4, -0.2) is 23.6 Å². The van der Waals surface area contributed by atoms with Crippen molar-refractivity contribution in [1.29, 1.82) is 5.26 Å². The van der Waals surface area contributed by atoms with Gasteiger partial charge in [-0.25, -0.2) is 0 Å². The molecule has 1 heterocycles. The number of nitrogens with zero attached hydrogens (tertiary/aromatic N) is 2. The van der Waals surface area contributed by atoms with E-state index in [9.17, 15) is 14.9 Å². The molecule has 0 saturated carbocycles. The molecule has 4 rings (SSSR count). The van der Waals surface area contributed by atoms with Gasteiger partial charge in [0.15, 0.2) is 0 Å². The quantitative estimate of drug-likeness (QED) is 0.346. The third-order valence-corrected chi connectivity index (χ3v) is 7.15. The number of anilines is 1. The summed E-state index contributed by atoms with van der Waals surface area (Å²) in [5.41, 5.74) is 3.62. The Morgan fingerprint density at radius 3 is 2.46 bits per heavy atom. The highest BCUT2D eigenvalue weighted by Crippen LogP contribution is 2.42. The Kier molecular flexibility index (Phi) is 7.91. The molecule has 2 amide bonds. The molecule has 0 spiro atoms. The van der Waals surface area contributed by atoms with Crippen LogP contribution in [0.5, 0.6) is 0 Å². The number of benzene rings is 3. The molecule has 0 aromatic heterocycles. The number of nitrogens with one attached hydrogen (secondary N) is 1. The number of amides is 2. The van der Waals surface area contributed by atoms with Gasteiger partial charge in [0, 0.05) is 17.3 Å². The number of halogens is 1. The Morgan fingerprint density at radius 1 is 1.06 bits per heavy atom. The van der Waals surface area contributed by atoms with Gasteiger partial charge in [-0.1, -0.05) is 83.5 Å². The van der Waals surface area contributed by atoms with Crippen LogP contribution in [0, 0.1) is 18.3 Å². The lowest BCUT2D eigenvalue weighted by Crippen LogP contribution is -2.32. The standard InChI is InChI=1S/C28H24ClN3O2S/c1-19-10-12-23(13-11-19)32-27(34)25(17-21-8-5-9-22(29)16-21)35-28(32)24(18-30)26(33)31-15-14-20-6-3-2-4-7-20/h2-13,16,25H,14-15,17H2,1H3,(H,31,33). The number of hydrogen-bond donors (Lipinski definition) is 1. The van der Waals surface area contributed by atoms with Gasteiger partial charge in [-0.2, -0.15) is 5.26 Å². The van der Waals surface area contributed by atoms with Crippen molar-refractivity contribution in [2.75, 3.05) is 11.4 Å². The summed E-state index contributed by atoms with van der Waals surface area (Å²) in [5, 5.41) is 13.3. The zero-order chi connectivity index (χ0) is 24.8. The topological polar surface area (TPSA) is 73.2 Å². The first-order chi connectivity index (χ1) is 17.0. The number of aryl methyl sites for hydroxylation is 1. The third-order valence-electron chi connectivity index (χ3n) is 5.65. The van der Waals surface area contributed by atoms with Gasteiger partial charge in [0.1, 0.15) is 16.7 Å². The molecule has 3 aromatic rings. The summed E-state index contributed by atoms with van der Waals surface area (Å²) >= 11 is 7.38. The van der Waals surface area contributed by atoms with Gasteiger partial charge in [0.25, 0.3) is 5.91 Å². The lowest BCUT2D eigenvalue weighted by atomic mass is 10.1. The monoisotopic (exact) mass is 501 g/mol. The van der Waals surface area contributed by atoms with Crippen molar-refractivity contribution >= 4 is 40.9 Å². The van der Waals surface area contributed by atoms with Gasteiger partial charge < -0.3 is 5.32 Å². The van der Waals surface area contributed by atoms with Gasteiger partial charge in [-0.05, 0) is 55.2 Å². The average molecular weight is 502 g/mol.